The van der Waals surface area contributed by atoms with E-state index in [2.05, 4.69) is 14.8 Å². The average Bonchev–Trinajstić information content (AvgIpc) is 2.83. The number of aryl methyl sites for hydroxylation is 1. The molecular formula is C13H15ClN4S. The maximum atomic E-state index is 6.16. The summed E-state index contributed by atoms with van der Waals surface area (Å²) in [7, 11) is 0. The van der Waals surface area contributed by atoms with Gasteiger partial charge in [0.1, 0.15) is 11.6 Å². The molecule has 0 amide bonds. The Morgan fingerprint density at radius 1 is 1.32 bits per heavy atom. The van der Waals surface area contributed by atoms with Crippen molar-refractivity contribution >= 4 is 29.1 Å². The Morgan fingerprint density at radius 2 is 2.21 bits per heavy atom. The van der Waals surface area contributed by atoms with Crippen LogP contribution in [0.25, 0.3) is 0 Å². The summed E-state index contributed by atoms with van der Waals surface area (Å²) in [6, 6.07) is 5.55. The van der Waals surface area contributed by atoms with E-state index in [-0.39, 0.29) is 0 Å². The molecule has 1 aliphatic heterocycles. The van der Waals surface area contributed by atoms with Gasteiger partial charge in [-0.15, -0.1) is 22.0 Å². The van der Waals surface area contributed by atoms with Gasteiger partial charge in [0.25, 0.3) is 0 Å². The summed E-state index contributed by atoms with van der Waals surface area (Å²) >= 11 is 7.82. The van der Waals surface area contributed by atoms with Crippen LogP contribution in [0.4, 0.5) is 5.69 Å². The molecule has 1 aliphatic rings. The highest BCUT2D eigenvalue weighted by Crippen LogP contribution is 2.31. The van der Waals surface area contributed by atoms with Crippen LogP contribution in [0.5, 0.6) is 0 Å². The summed E-state index contributed by atoms with van der Waals surface area (Å²) in [5.41, 5.74) is 6.51. The number of aromatic nitrogens is 3. The van der Waals surface area contributed by atoms with Gasteiger partial charge >= 0.3 is 0 Å². The third-order valence-corrected chi connectivity index (χ3v) is 4.74. The van der Waals surface area contributed by atoms with Crippen LogP contribution in [0, 0.1) is 0 Å². The number of hydrogen-bond acceptors (Lipinski definition) is 4. The minimum Gasteiger partial charge on any atom is -0.399 e. The van der Waals surface area contributed by atoms with E-state index in [1.54, 1.807) is 11.8 Å². The molecule has 1 aromatic carbocycles. The minimum absolute atomic E-state index is 0.732. The van der Waals surface area contributed by atoms with Crippen LogP contribution in [0.1, 0.15) is 24.5 Å². The first-order valence-corrected chi connectivity index (χ1v) is 7.69. The molecule has 4 nitrogen and oxygen atoms in total. The third-order valence-electron chi connectivity index (χ3n) is 3.25. The van der Waals surface area contributed by atoms with Gasteiger partial charge < -0.3 is 10.3 Å². The molecule has 2 heterocycles. The van der Waals surface area contributed by atoms with E-state index in [4.69, 9.17) is 17.3 Å². The van der Waals surface area contributed by atoms with Crippen LogP contribution in [0.15, 0.2) is 23.1 Å². The number of nitrogens with zero attached hydrogens (tertiary/aromatic N) is 3. The quantitative estimate of drug-likeness (QED) is 0.698. The molecule has 0 atom stereocenters. The van der Waals surface area contributed by atoms with Crippen molar-refractivity contribution in [2.24, 2.45) is 0 Å². The fourth-order valence-corrected chi connectivity index (χ4v) is 3.45. The molecule has 2 aromatic rings. The first-order chi connectivity index (χ1) is 9.24. The second kappa shape index (κ2) is 5.43. The molecule has 0 radical (unpaired) electrons. The fourth-order valence-electron chi connectivity index (χ4n) is 2.25. The molecule has 6 heteroatoms. The summed E-state index contributed by atoms with van der Waals surface area (Å²) < 4.78 is 2.23. The average molecular weight is 295 g/mol. The van der Waals surface area contributed by atoms with Gasteiger partial charge in [-0.3, -0.25) is 0 Å². The highest BCUT2D eigenvalue weighted by Gasteiger charge is 2.16. The molecular weight excluding hydrogens is 280 g/mol. The number of nitrogens with two attached hydrogens (primary N) is 1. The number of fused-ring (bicyclic) bond motifs is 1. The number of nitrogen functional groups attached to an aromatic ring is 1. The van der Waals surface area contributed by atoms with E-state index in [0.29, 0.717) is 0 Å². The van der Waals surface area contributed by atoms with Gasteiger partial charge in [-0.05, 0) is 31.0 Å². The zero-order valence-corrected chi connectivity index (χ0v) is 12.0. The van der Waals surface area contributed by atoms with Crippen molar-refractivity contribution in [2.45, 2.75) is 36.5 Å². The standard InChI is InChI=1S/C13H15ClN4S/c14-10-5-4-9(15)7-11(10)19-8-13-17-16-12-3-1-2-6-18(12)13/h4-5,7H,1-3,6,8,15H2. The Morgan fingerprint density at radius 3 is 3.11 bits per heavy atom. The first-order valence-electron chi connectivity index (χ1n) is 6.33. The third kappa shape index (κ3) is 2.72. The van der Waals surface area contributed by atoms with Crippen LogP contribution in [0.2, 0.25) is 5.02 Å². The molecule has 0 unspecified atom stereocenters. The van der Waals surface area contributed by atoms with Crippen LogP contribution in [0.3, 0.4) is 0 Å². The van der Waals surface area contributed by atoms with Crippen LogP contribution in [-0.2, 0) is 18.7 Å². The smallest absolute Gasteiger partial charge is 0.143 e. The molecule has 3 rings (SSSR count). The van der Waals surface area contributed by atoms with E-state index >= 15 is 0 Å². The number of thioether (sulfide) groups is 1. The highest BCUT2D eigenvalue weighted by molar-refractivity contribution is 7.98. The fraction of sp³-hybridized carbons (Fsp3) is 0.385. The number of halogens is 1. The normalized spacial score (nSPS) is 14.4. The van der Waals surface area contributed by atoms with E-state index in [0.717, 1.165) is 46.0 Å². The summed E-state index contributed by atoms with van der Waals surface area (Å²) in [6.07, 6.45) is 3.46. The molecule has 0 saturated carbocycles. The molecule has 1 aromatic heterocycles. The lowest BCUT2D eigenvalue weighted by Crippen LogP contribution is -2.12. The largest absolute Gasteiger partial charge is 0.399 e. The summed E-state index contributed by atoms with van der Waals surface area (Å²) in [5.74, 6) is 2.91. The zero-order chi connectivity index (χ0) is 13.2. The highest BCUT2D eigenvalue weighted by atomic mass is 35.5. The van der Waals surface area contributed by atoms with E-state index in [1.165, 1.54) is 12.8 Å². The monoisotopic (exact) mass is 294 g/mol. The van der Waals surface area contributed by atoms with E-state index in [9.17, 15) is 0 Å². The Labute approximate surface area is 121 Å². The molecule has 0 saturated heterocycles. The van der Waals surface area contributed by atoms with Gasteiger partial charge in [-0.2, -0.15) is 0 Å². The van der Waals surface area contributed by atoms with E-state index < -0.39 is 0 Å². The topological polar surface area (TPSA) is 56.7 Å². The van der Waals surface area contributed by atoms with Gasteiger partial charge in [0.2, 0.25) is 0 Å². The van der Waals surface area contributed by atoms with Crippen molar-refractivity contribution in [3.63, 3.8) is 0 Å². The summed E-state index contributed by atoms with van der Waals surface area (Å²) in [4.78, 5) is 0.995. The molecule has 0 aliphatic carbocycles. The SMILES string of the molecule is Nc1ccc(Cl)c(SCc2nnc3n2CCCC3)c1. The second-order valence-corrected chi connectivity index (χ2v) is 6.04. The lowest BCUT2D eigenvalue weighted by Gasteiger charge is -2.14. The predicted molar refractivity (Wildman–Crippen MR) is 78.4 cm³/mol. The Kier molecular flexibility index (Phi) is 3.66. The second-order valence-electron chi connectivity index (χ2n) is 4.62. The van der Waals surface area contributed by atoms with Crippen LogP contribution in [-0.4, -0.2) is 14.8 Å². The maximum Gasteiger partial charge on any atom is 0.143 e. The zero-order valence-electron chi connectivity index (χ0n) is 10.5. The van der Waals surface area contributed by atoms with Crippen molar-refractivity contribution in [1.82, 2.24) is 14.8 Å². The van der Waals surface area contributed by atoms with Crippen molar-refractivity contribution < 1.29 is 0 Å². The van der Waals surface area contributed by atoms with Crippen molar-refractivity contribution in [3.8, 4) is 0 Å². The number of rotatable bonds is 3. The molecule has 19 heavy (non-hydrogen) atoms. The summed E-state index contributed by atoms with van der Waals surface area (Å²) in [5, 5.41) is 9.27. The first kappa shape index (κ1) is 12.8. The lowest BCUT2D eigenvalue weighted by atomic mass is 10.2. The Balaban J connectivity index is 1.75. The van der Waals surface area contributed by atoms with Crippen molar-refractivity contribution in [2.75, 3.05) is 5.73 Å². The number of anilines is 1. The van der Waals surface area contributed by atoms with Crippen LogP contribution >= 0.6 is 23.4 Å². The molecule has 2 N–H and O–H groups in total. The Hall–Kier alpha value is -1.20. The molecule has 100 valence electrons. The van der Waals surface area contributed by atoms with Gasteiger partial charge in [0.05, 0.1) is 10.8 Å². The number of hydrogen-bond donors (Lipinski definition) is 1. The predicted octanol–water partition coefficient (Wildman–Crippen LogP) is 3.14. The van der Waals surface area contributed by atoms with E-state index in [1.807, 2.05) is 18.2 Å². The Bertz CT molecular complexity index is 596. The minimum atomic E-state index is 0.732. The van der Waals surface area contributed by atoms with Gasteiger partial charge in [0, 0.05) is 23.5 Å². The summed E-state index contributed by atoms with van der Waals surface area (Å²) in [6.45, 7) is 1.03. The molecule has 0 fully saturated rings. The van der Waals surface area contributed by atoms with Crippen molar-refractivity contribution in [1.29, 1.82) is 0 Å². The van der Waals surface area contributed by atoms with Gasteiger partial charge in [-0.1, -0.05) is 11.6 Å². The molecule has 0 spiro atoms. The maximum absolute atomic E-state index is 6.16. The van der Waals surface area contributed by atoms with Gasteiger partial charge in [-0.25, -0.2) is 0 Å². The molecule has 0 bridgehead atoms. The number of benzene rings is 1. The van der Waals surface area contributed by atoms with Crippen molar-refractivity contribution in [3.05, 3.63) is 34.9 Å². The lowest BCUT2D eigenvalue weighted by molar-refractivity contribution is 0.513. The van der Waals surface area contributed by atoms with Gasteiger partial charge in [0.15, 0.2) is 0 Å². The van der Waals surface area contributed by atoms with Crippen LogP contribution < -0.4 is 5.73 Å².